The van der Waals surface area contributed by atoms with Gasteiger partial charge >= 0.3 is 0 Å². The number of non-ortho nitro benzene ring substituents is 2. The third-order valence-electron chi connectivity index (χ3n) is 4.33. The first-order chi connectivity index (χ1) is 15.6. The van der Waals surface area contributed by atoms with Gasteiger partial charge in [0.2, 0.25) is 5.91 Å². The lowest BCUT2D eigenvalue weighted by Crippen LogP contribution is -2.35. The molecule has 1 atom stereocenters. The number of nitro benzene ring substituents is 2. The van der Waals surface area contributed by atoms with Gasteiger partial charge in [0.25, 0.3) is 23.2 Å². The molecule has 1 saturated heterocycles. The number of hydrogen-bond acceptors (Lipinski definition) is 9. The minimum atomic E-state index is -1.79. The second kappa shape index (κ2) is 9.15. The van der Waals surface area contributed by atoms with Crippen LogP contribution >= 0.6 is 12.2 Å². The van der Waals surface area contributed by atoms with Gasteiger partial charge in [-0.25, -0.2) is 4.90 Å². The Kier molecular flexibility index (Phi) is 6.34. The lowest BCUT2D eigenvalue weighted by molar-refractivity contribution is -0.385. The van der Waals surface area contributed by atoms with E-state index in [1.54, 1.807) is 0 Å². The van der Waals surface area contributed by atoms with Crippen molar-refractivity contribution >= 4 is 63.5 Å². The van der Waals surface area contributed by atoms with E-state index in [0.29, 0.717) is 4.90 Å². The molecule has 1 aliphatic rings. The average molecular weight is 471 g/mol. The molecule has 4 N–H and O–H groups in total. The van der Waals surface area contributed by atoms with Crippen molar-refractivity contribution in [2.24, 2.45) is 16.8 Å². The first-order valence-electron chi connectivity index (χ1n) is 8.91. The van der Waals surface area contributed by atoms with Gasteiger partial charge in [-0.1, -0.05) is 12.1 Å². The molecule has 0 spiro atoms. The van der Waals surface area contributed by atoms with Crippen LogP contribution in [0.1, 0.15) is 0 Å². The smallest absolute Gasteiger partial charge is 0.282 e. The third-order valence-corrected chi connectivity index (χ3v) is 4.43. The molecule has 33 heavy (non-hydrogen) atoms. The zero-order valence-electron chi connectivity index (χ0n) is 16.3. The van der Waals surface area contributed by atoms with Crippen molar-refractivity contribution in [3.63, 3.8) is 0 Å². The zero-order valence-corrected chi connectivity index (χ0v) is 17.1. The van der Waals surface area contributed by atoms with Crippen molar-refractivity contribution < 1.29 is 24.2 Å². The van der Waals surface area contributed by atoms with Gasteiger partial charge in [0, 0.05) is 30.0 Å². The maximum Gasteiger partial charge on any atom is 0.282 e. The van der Waals surface area contributed by atoms with Gasteiger partial charge in [0.05, 0.1) is 15.5 Å². The van der Waals surface area contributed by atoms with Gasteiger partial charge in [-0.3, -0.25) is 40.0 Å². The van der Waals surface area contributed by atoms with Crippen molar-refractivity contribution in [3.05, 3.63) is 68.8 Å². The summed E-state index contributed by atoms with van der Waals surface area (Å²) in [5, 5.41) is 27.7. The molecular weight excluding hydrogens is 458 g/mol. The van der Waals surface area contributed by atoms with Gasteiger partial charge in [-0.2, -0.15) is 5.10 Å². The first kappa shape index (κ1) is 22.9. The number of anilines is 2. The Labute approximate surface area is 189 Å². The van der Waals surface area contributed by atoms with Crippen molar-refractivity contribution in [3.8, 4) is 0 Å². The van der Waals surface area contributed by atoms with E-state index < -0.39 is 44.9 Å². The molecule has 0 aliphatic carbocycles. The normalized spacial score (nSPS) is 16.5. The number of nitrogens with one attached hydrogen (secondary N) is 2. The molecule has 1 fully saturated rings. The van der Waals surface area contributed by atoms with E-state index >= 15 is 0 Å². The van der Waals surface area contributed by atoms with Gasteiger partial charge < -0.3 is 11.1 Å². The number of carbonyl (C=O) groups excluding carboxylic acids is 3. The number of nitro groups is 2. The maximum absolute atomic E-state index is 13.1. The average Bonchev–Trinajstić information content (AvgIpc) is 3.01. The van der Waals surface area contributed by atoms with Crippen LogP contribution in [0.3, 0.4) is 0 Å². The SMILES string of the molecule is NC(=S)N/N=C1\C(=O)N(c2cccc([N+](=O)[O-])c2)C(=O)C1C(=O)Nc1cccc([N+](=O)[O-])c1. The second-order valence-electron chi connectivity index (χ2n) is 6.46. The molecule has 0 aromatic heterocycles. The van der Waals surface area contributed by atoms with Gasteiger partial charge in [0.15, 0.2) is 11.0 Å². The molecule has 14 nitrogen and oxygen atoms in total. The predicted octanol–water partition coefficient (Wildman–Crippen LogP) is 0.820. The Balaban J connectivity index is 2.00. The first-order valence-corrected chi connectivity index (χ1v) is 9.32. The van der Waals surface area contributed by atoms with Crippen molar-refractivity contribution in [1.82, 2.24) is 5.43 Å². The number of benzene rings is 2. The van der Waals surface area contributed by atoms with E-state index in [1.165, 1.54) is 30.3 Å². The summed E-state index contributed by atoms with van der Waals surface area (Å²) in [6, 6.07) is 9.57. The van der Waals surface area contributed by atoms with E-state index in [0.717, 1.165) is 18.2 Å². The van der Waals surface area contributed by atoms with Crippen LogP contribution in [0, 0.1) is 26.1 Å². The molecule has 15 heteroatoms. The molecule has 1 unspecified atom stereocenters. The Morgan fingerprint density at radius 1 is 1.06 bits per heavy atom. The summed E-state index contributed by atoms with van der Waals surface area (Å²) in [7, 11) is 0. The Morgan fingerprint density at radius 2 is 1.67 bits per heavy atom. The number of nitrogens with two attached hydrogens (primary N) is 1. The molecule has 0 radical (unpaired) electrons. The summed E-state index contributed by atoms with van der Waals surface area (Å²) in [6.07, 6.45) is 0. The molecule has 0 saturated carbocycles. The van der Waals surface area contributed by atoms with E-state index in [9.17, 15) is 34.6 Å². The fraction of sp³-hybridized carbons (Fsp3) is 0.0556. The third kappa shape index (κ3) is 4.77. The molecule has 2 aromatic rings. The highest BCUT2D eigenvalue weighted by Crippen LogP contribution is 2.29. The quantitative estimate of drug-likeness (QED) is 0.178. The Morgan fingerprint density at radius 3 is 2.27 bits per heavy atom. The molecule has 0 bridgehead atoms. The molecular formula is C18H13N7O7S. The number of nitrogens with zero attached hydrogens (tertiary/aromatic N) is 4. The highest BCUT2D eigenvalue weighted by atomic mass is 32.1. The highest BCUT2D eigenvalue weighted by molar-refractivity contribution is 7.80. The second-order valence-corrected chi connectivity index (χ2v) is 6.90. The highest BCUT2D eigenvalue weighted by Gasteiger charge is 2.50. The van der Waals surface area contributed by atoms with Crippen LogP contribution in [-0.2, 0) is 14.4 Å². The Bertz CT molecular complexity index is 1250. The minimum Gasteiger partial charge on any atom is -0.375 e. The largest absolute Gasteiger partial charge is 0.375 e. The van der Waals surface area contributed by atoms with Crippen molar-refractivity contribution in [1.29, 1.82) is 0 Å². The molecule has 3 amide bonds. The lowest BCUT2D eigenvalue weighted by Gasteiger charge is -2.14. The summed E-state index contributed by atoms with van der Waals surface area (Å²) in [4.78, 5) is 60.1. The van der Waals surface area contributed by atoms with E-state index in [2.05, 4.69) is 28.1 Å². The van der Waals surface area contributed by atoms with Crippen LogP contribution in [0.15, 0.2) is 53.6 Å². The van der Waals surface area contributed by atoms with Crippen LogP contribution < -0.4 is 21.4 Å². The van der Waals surface area contributed by atoms with Crippen LogP contribution in [0.2, 0.25) is 0 Å². The zero-order chi connectivity index (χ0) is 24.3. The van der Waals surface area contributed by atoms with Crippen molar-refractivity contribution in [2.75, 3.05) is 10.2 Å². The molecule has 2 aromatic carbocycles. The van der Waals surface area contributed by atoms with Crippen molar-refractivity contribution in [2.45, 2.75) is 0 Å². The molecule has 168 valence electrons. The fourth-order valence-electron chi connectivity index (χ4n) is 2.95. The van der Waals surface area contributed by atoms with Crippen LogP contribution in [-0.4, -0.2) is 38.4 Å². The molecule has 1 aliphatic heterocycles. The lowest BCUT2D eigenvalue weighted by atomic mass is 10.0. The summed E-state index contributed by atoms with van der Waals surface area (Å²) in [6.45, 7) is 0. The van der Waals surface area contributed by atoms with E-state index in [-0.39, 0.29) is 22.2 Å². The summed E-state index contributed by atoms with van der Waals surface area (Å²) in [5.74, 6) is -4.90. The number of hydrogen-bond donors (Lipinski definition) is 3. The number of thiocarbonyl (C=S) groups is 1. The molecule has 3 rings (SSSR count). The summed E-state index contributed by atoms with van der Waals surface area (Å²) in [5.41, 5.74) is 5.98. The monoisotopic (exact) mass is 471 g/mol. The molecule has 1 heterocycles. The van der Waals surface area contributed by atoms with Crippen LogP contribution in [0.4, 0.5) is 22.7 Å². The number of imide groups is 1. The Hall–Kier alpha value is -4.79. The van der Waals surface area contributed by atoms with E-state index in [4.69, 9.17) is 5.73 Å². The topological polar surface area (TPSA) is 203 Å². The van der Waals surface area contributed by atoms with Gasteiger partial charge in [-0.05, 0) is 24.4 Å². The maximum atomic E-state index is 13.1. The fourth-order valence-corrected chi connectivity index (χ4v) is 3.00. The van der Waals surface area contributed by atoms with Gasteiger partial charge in [0.1, 0.15) is 5.71 Å². The standard InChI is InChI=1S/C18H13N7O7S/c19-18(33)22-21-14-13(15(26)20-9-3-1-5-11(7-9)24(29)30)16(27)23(17(14)28)10-4-2-6-12(8-10)25(31)32/h1-8,13H,(H,20,26)(H3,19,22,33)/b21-14-. The number of hydrazone groups is 1. The number of carbonyl (C=O) groups is 3. The van der Waals surface area contributed by atoms with Crippen LogP contribution in [0.5, 0.6) is 0 Å². The van der Waals surface area contributed by atoms with Gasteiger partial charge in [-0.15, -0.1) is 0 Å². The summed E-state index contributed by atoms with van der Waals surface area (Å²) < 4.78 is 0. The predicted molar refractivity (Wildman–Crippen MR) is 118 cm³/mol. The summed E-state index contributed by atoms with van der Waals surface area (Å²) >= 11 is 4.63. The minimum absolute atomic E-state index is 0.00935. The van der Waals surface area contributed by atoms with Crippen LogP contribution in [0.25, 0.3) is 0 Å². The number of amides is 3. The number of rotatable bonds is 6. The van der Waals surface area contributed by atoms with E-state index in [1.807, 2.05) is 0 Å².